The minimum Gasteiger partial charge on any atom is -0.507 e. The number of aromatic nitrogens is 1. The monoisotopic (exact) mass is 250 g/mol. The summed E-state index contributed by atoms with van der Waals surface area (Å²) in [5.41, 5.74) is 1.70. The number of aromatic hydroxyl groups is 1. The predicted molar refractivity (Wildman–Crippen MR) is 66.5 cm³/mol. The third kappa shape index (κ3) is 2.61. The average Bonchev–Trinajstić information content (AvgIpc) is 2.39. The minimum atomic E-state index is -0.276. The molecule has 1 aromatic rings. The van der Waals surface area contributed by atoms with Crippen LogP contribution in [0, 0.1) is 0 Å². The lowest BCUT2D eigenvalue weighted by atomic mass is 10.1. The molecule has 18 heavy (non-hydrogen) atoms. The summed E-state index contributed by atoms with van der Waals surface area (Å²) in [4.78, 5) is 16.1. The number of rotatable bonds is 4. The Bertz CT molecular complexity index is 446. The van der Waals surface area contributed by atoms with Crippen LogP contribution in [0.2, 0.25) is 0 Å². The molecule has 0 fully saturated rings. The van der Waals surface area contributed by atoms with Crippen molar-refractivity contribution in [2.24, 2.45) is 0 Å². The van der Waals surface area contributed by atoms with Gasteiger partial charge in [0.15, 0.2) is 0 Å². The van der Waals surface area contributed by atoms with Gasteiger partial charge in [0, 0.05) is 24.7 Å². The first-order chi connectivity index (χ1) is 8.74. The lowest BCUT2D eigenvalue weighted by molar-refractivity contribution is 0.0943. The van der Waals surface area contributed by atoms with Crippen LogP contribution in [0.4, 0.5) is 0 Å². The number of hydrogen-bond acceptors (Lipinski definition) is 4. The molecule has 0 spiro atoms. The maximum absolute atomic E-state index is 11.9. The quantitative estimate of drug-likeness (QED) is 0.792. The van der Waals surface area contributed by atoms with Crippen molar-refractivity contribution < 1.29 is 14.6 Å². The van der Waals surface area contributed by atoms with Crippen LogP contribution in [-0.2, 0) is 17.8 Å². The van der Waals surface area contributed by atoms with Crippen molar-refractivity contribution in [1.29, 1.82) is 0 Å². The van der Waals surface area contributed by atoms with Crippen LogP contribution in [0.3, 0.4) is 0 Å². The van der Waals surface area contributed by atoms with Gasteiger partial charge in [0.1, 0.15) is 5.75 Å². The number of pyridine rings is 1. The summed E-state index contributed by atoms with van der Waals surface area (Å²) in [7, 11) is 0. The molecule has 1 aliphatic rings. The topological polar surface area (TPSA) is 71.5 Å². The van der Waals surface area contributed by atoms with E-state index in [2.05, 4.69) is 17.2 Å². The Morgan fingerprint density at radius 2 is 2.44 bits per heavy atom. The van der Waals surface area contributed by atoms with Gasteiger partial charge in [0.05, 0.1) is 24.5 Å². The van der Waals surface area contributed by atoms with E-state index in [0.29, 0.717) is 31.7 Å². The largest absolute Gasteiger partial charge is 0.507 e. The highest BCUT2D eigenvalue weighted by molar-refractivity contribution is 5.96. The van der Waals surface area contributed by atoms with E-state index in [0.717, 1.165) is 18.5 Å². The number of unbranched alkanes of at least 4 members (excludes halogenated alkanes) is 1. The van der Waals surface area contributed by atoms with Crippen molar-refractivity contribution >= 4 is 5.91 Å². The van der Waals surface area contributed by atoms with E-state index in [1.54, 1.807) is 0 Å². The van der Waals surface area contributed by atoms with Gasteiger partial charge in [-0.15, -0.1) is 0 Å². The number of amides is 1. The number of hydrogen-bond donors (Lipinski definition) is 2. The van der Waals surface area contributed by atoms with Gasteiger partial charge in [0.2, 0.25) is 0 Å². The molecule has 2 N–H and O–H groups in total. The molecule has 0 radical (unpaired) electrons. The highest BCUT2D eigenvalue weighted by atomic mass is 16.5. The fourth-order valence-electron chi connectivity index (χ4n) is 1.93. The molecular weight excluding hydrogens is 232 g/mol. The van der Waals surface area contributed by atoms with Crippen LogP contribution in [0.5, 0.6) is 5.75 Å². The highest BCUT2D eigenvalue weighted by Gasteiger charge is 2.21. The summed E-state index contributed by atoms with van der Waals surface area (Å²) in [5.74, 6) is -0.268. The summed E-state index contributed by atoms with van der Waals surface area (Å²) in [6.07, 6.45) is 4.07. The predicted octanol–water partition coefficient (Wildman–Crippen LogP) is 1.39. The minimum absolute atomic E-state index is 0.00805. The molecule has 0 aromatic carbocycles. The average molecular weight is 250 g/mol. The summed E-state index contributed by atoms with van der Waals surface area (Å²) >= 11 is 0. The van der Waals surface area contributed by atoms with Crippen molar-refractivity contribution in [2.45, 2.75) is 32.8 Å². The van der Waals surface area contributed by atoms with Gasteiger partial charge in [-0.3, -0.25) is 9.78 Å². The molecule has 2 rings (SSSR count). The van der Waals surface area contributed by atoms with E-state index in [1.165, 1.54) is 6.20 Å². The Morgan fingerprint density at radius 1 is 1.61 bits per heavy atom. The number of ether oxygens (including phenoxy) is 1. The fourth-order valence-corrected chi connectivity index (χ4v) is 1.93. The second kappa shape index (κ2) is 5.82. The van der Waals surface area contributed by atoms with Crippen LogP contribution >= 0.6 is 0 Å². The van der Waals surface area contributed by atoms with E-state index in [9.17, 15) is 9.90 Å². The number of nitrogens with one attached hydrogen (secondary N) is 1. The lowest BCUT2D eigenvalue weighted by Crippen LogP contribution is -2.25. The molecular formula is C13H18N2O3. The zero-order valence-electron chi connectivity index (χ0n) is 10.5. The Kier molecular flexibility index (Phi) is 4.15. The van der Waals surface area contributed by atoms with Gasteiger partial charge in [0.25, 0.3) is 5.91 Å². The van der Waals surface area contributed by atoms with Gasteiger partial charge >= 0.3 is 0 Å². The first-order valence-electron chi connectivity index (χ1n) is 6.29. The smallest absolute Gasteiger partial charge is 0.256 e. The molecule has 5 nitrogen and oxygen atoms in total. The molecule has 98 valence electrons. The van der Waals surface area contributed by atoms with Crippen molar-refractivity contribution in [3.8, 4) is 5.75 Å². The van der Waals surface area contributed by atoms with Crippen molar-refractivity contribution in [1.82, 2.24) is 10.3 Å². The second-order valence-electron chi connectivity index (χ2n) is 4.36. The van der Waals surface area contributed by atoms with Crippen molar-refractivity contribution in [3.63, 3.8) is 0 Å². The maximum atomic E-state index is 11.9. The van der Waals surface area contributed by atoms with E-state index in [4.69, 9.17) is 4.74 Å². The van der Waals surface area contributed by atoms with Crippen LogP contribution in [0.15, 0.2) is 6.20 Å². The highest BCUT2D eigenvalue weighted by Crippen LogP contribution is 2.27. The Hall–Kier alpha value is -1.62. The van der Waals surface area contributed by atoms with Gasteiger partial charge in [-0.05, 0) is 6.42 Å². The van der Waals surface area contributed by atoms with Crippen molar-refractivity contribution in [2.75, 3.05) is 13.2 Å². The normalized spacial score (nSPS) is 14.1. The Balaban J connectivity index is 2.16. The summed E-state index contributed by atoms with van der Waals surface area (Å²) in [6, 6.07) is 0. The van der Waals surface area contributed by atoms with E-state index < -0.39 is 0 Å². The second-order valence-corrected chi connectivity index (χ2v) is 4.36. The van der Waals surface area contributed by atoms with E-state index in [1.807, 2.05) is 0 Å². The molecule has 1 aromatic heterocycles. The van der Waals surface area contributed by atoms with Crippen LogP contribution in [0.1, 0.15) is 41.4 Å². The van der Waals surface area contributed by atoms with E-state index in [-0.39, 0.29) is 17.2 Å². The molecule has 0 bridgehead atoms. The molecule has 0 unspecified atom stereocenters. The first-order valence-corrected chi connectivity index (χ1v) is 6.29. The van der Waals surface area contributed by atoms with Gasteiger partial charge in [-0.2, -0.15) is 0 Å². The zero-order valence-corrected chi connectivity index (χ0v) is 10.5. The molecule has 1 amide bonds. The molecule has 1 aliphatic heterocycles. The molecule has 2 heterocycles. The first kappa shape index (κ1) is 12.8. The SMILES string of the molecule is CCCCNC(=O)c1cnc2c(c1O)COCC2. The lowest BCUT2D eigenvalue weighted by Gasteiger charge is -2.18. The Morgan fingerprint density at radius 3 is 3.22 bits per heavy atom. The molecule has 0 aliphatic carbocycles. The van der Waals surface area contributed by atoms with E-state index >= 15 is 0 Å². The molecule has 0 saturated carbocycles. The number of carbonyl (C=O) groups is 1. The van der Waals surface area contributed by atoms with Crippen molar-refractivity contribution in [3.05, 3.63) is 23.0 Å². The van der Waals surface area contributed by atoms with Gasteiger partial charge in [-0.25, -0.2) is 0 Å². The molecule has 0 saturated heterocycles. The summed E-state index contributed by atoms with van der Waals surface area (Å²) in [6.45, 7) is 3.61. The third-order valence-electron chi connectivity index (χ3n) is 3.03. The number of carbonyl (C=O) groups excluding carboxylic acids is 1. The molecule has 5 heteroatoms. The number of nitrogens with zero attached hydrogens (tertiary/aromatic N) is 1. The fraction of sp³-hybridized carbons (Fsp3) is 0.538. The third-order valence-corrected chi connectivity index (χ3v) is 3.03. The van der Waals surface area contributed by atoms with Crippen LogP contribution in [-0.4, -0.2) is 29.1 Å². The zero-order chi connectivity index (χ0) is 13.0. The standard InChI is InChI=1S/C13H18N2O3/c1-2-3-5-14-13(17)9-7-15-11-4-6-18-8-10(11)12(9)16/h7H,2-6,8H2,1H3,(H,14,17)(H,15,16). The Labute approximate surface area is 106 Å². The van der Waals surface area contributed by atoms with Crippen LogP contribution < -0.4 is 5.32 Å². The summed E-state index contributed by atoms with van der Waals surface area (Å²) in [5, 5.41) is 12.8. The molecule has 0 atom stereocenters. The van der Waals surface area contributed by atoms with Crippen LogP contribution in [0.25, 0.3) is 0 Å². The maximum Gasteiger partial charge on any atom is 0.256 e. The van der Waals surface area contributed by atoms with Gasteiger partial charge < -0.3 is 15.2 Å². The van der Waals surface area contributed by atoms with Gasteiger partial charge in [-0.1, -0.05) is 13.3 Å². The summed E-state index contributed by atoms with van der Waals surface area (Å²) < 4.78 is 5.28. The number of fused-ring (bicyclic) bond motifs is 1.